The van der Waals surface area contributed by atoms with Crippen LogP contribution in [-0.2, 0) is 15.6 Å². The summed E-state index contributed by atoms with van der Waals surface area (Å²) in [7, 11) is -1.24. The van der Waals surface area contributed by atoms with Gasteiger partial charge in [0.2, 0.25) is 0 Å². The van der Waals surface area contributed by atoms with E-state index in [1.165, 1.54) is 19.3 Å². The van der Waals surface area contributed by atoms with E-state index >= 15 is 0 Å². The third-order valence-corrected chi connectivity index (χ3v) is 4.82. The van der Waals surface area contributed by atoms with E-state index < -0.39 is 10.8 Å². The first-order valence-corrected chi connectivity index (χ1v) is 9.01. The highest BCUT2D eigenvalue weighted by atomic mass is 32.2. The van der Waals surface area contributed by atoms with Crippen LogP contribution in [0.4, 0.5) is 0 Å². The normalized spacial score (nSPS) is 13.2. The zero-order chi connectivity index (χ0) is 15.7. The summed E-state index contributed by atoms with van der Waals surface area (Å²) in [4.78, 5) is 12.8. The summed E-state index contributed by atoms with van der Waals surface area (Å²) in [6, 6.07) is 7.52. The molecule has 1 aromatic rings. The molecule has 0 fully saturated rings. The number of hydrogen-bond acceptors (Lipinski definition) is 2. The standard InChI is InChI=1S/C18H26O2S/c1-4-5-6-7-8-9-16(3)18(19)14-21(20)17-12-10-15(2)11-13-17/h9-13H,4-8,14H2,1-3H3/b16-9+/t21-/m0/s1. The van der Waals surface area contributed by atoms with Crippen LogP contribution in [0.2, 0.25) is 0 Å². The molecule has 0 aromatic heterocycles. The van der Waals surface area contributed by atoms with Gasteiger partial charge in [0.15, 0.2) is 5.78 Å². The van der Waals surface area contributed by atoms with Crippen molar-refractivity contribution in [2.75, 3.05) is 5.75 Å². The molecule has 116 valence electrons. The molecule has 0 heterocycles. The Morgan fingerprint density at radius 3 is 2.43 bits per heavy atom. The number of Topliss-reactive ketones (excluding diaryl/α,β-unsaturated/α-hetero) is 1. The zero-order valence-corrected chi connectivity index (χ0v) is 14.2. The molecule has 0 saturated carbocycles. The summed E-state index contributed by atoms with van der Waals surface area (Å²) in [5, 5.41) is 0. The highest BCUT2D eigenvalue weighted by molar-refractivity contribution is 7.85. The van der Waals surface area contributed by atoms with Gasteiger partial charge in [-0.15, -0.1) is 0 Å². The fourth-order valence-electron chi connectivity index (χ4n) is 2.01. The van der Waals surface area contributed by atoms with Crippen LogP contribution in [0, 0.1) is 6.92 Å². The van der Waals surface area contributed by atoms with Crippen LogP contribution in [0.15, 0.2) is 40.8 Å². The minimum Gasteiger partial charge on any atom is -0.294 e. The maximum Gasteiger partial charge on any atom is 0.171 e. The first-order valence-electron chi connectivity index (χ1n) is 7.69. The monoisotopic (exact) mass is 306 g/mol. The molecule has 0 aliphatic heterocycles. The third kappa shape index (κ3) is 6.85. The molecular weight excluding hydrogens is 280 g/mol. The predicted molar refractivity (Wildman–Crippen MR) is 90.0 cm³/mol. The SMILES string of the molecule is CCCCCC/C=C(\C)C(=O)C[S@](=O)c1ccc(C)cc1. The fourth-order valence-corrected chi connectivity index (χ4v) is 3.08. The highest BCUT2D eigenvalue weighted by Crippen LogP contribution is 2.11. The van der Waals surface area contributed by atoms with Crippen molar-refractivity contribution in [3.8, 4) is 0 Å². The Hall–Kier alpha value is -1.22. The lowest BCUT2D eigenvalue weighted by molar-refractivity contribution is -0.113. The number of unbranched alkanes of at least 4 members (excludes halogenated alkanes) is 4. The highest BCUT2D eigenvalue weighted by Gasteiger charge is 2.11. The Labute approximate surface area is 131 Å². The summed E-state index contributed by atoms with van der Waals surface area (Å²) in [5.41, 5.74) is 1.87. The molecule has 1 rings (SSSR count). The van der Waals surface area contributed by atoms with E-state index in [1.807, 2.05) is 44.2 Å². The van der Waals surface area contributed by atoms with Crippen molar-refractivity contribution in [3.05, 3.63) is 41.5 Å². The van der Waals surface area contributed by atoms with Gasteiger partial charge in [0.05, 0.1) is 16.6 Å². The summed E-state index contributed by atoms with van der Waals surface area (Å²) < 4.78 is 12.1. The van der Waals surface area contributed by atoms with Crippen LogP contribution in [0.5, 0.6) is 0 Å². The molecule has 0 aliphatic rings. The molecule has 1 aromatic carbocycles. The van der Waals surface area contributed by atoms with E-state index in [0.29, 0.717) is 0 Å². The minimum atomic E-state index is -1.24. The van der Waals surface area contributed by atoms with Gasteiger partial charge in [-0.2, -0.15) is 0 Å². The molecule has 0 spiro atoms. The third-order valence-electron chi connectivity index (χ3n) is 3.49. The first-order chi connectivity index (χ1) is 10.0. The summed E-state index contributed by atoms with van der Waals surface area (Å²) in [6.07, 6.45) is 7.73. The van der Waals surface area contributed by atoms with Crippen LogP contribution >= 0.6 is 0 Å². The molecule has 3 heteroatoms. The van der Waals surface area contributed by atoms with Gasteiger partial charge in [0.25, 0.3) is 0 Å². The van der Waals surface area contributed by atoms with Gasteiger partial charge in [-0.1, -0.05) is 50.0 Å². The van der Waals surface area contributed by atoms with Gasteiger partial charge in [0, 0.05) is 4.90 Å². The molecule has 2 nitrogen and oxygen atoms in total. The van der Waals surface area contributed by atoms with E-state index in [9.17, 15) is 9.00 Å². The number of rotatable bonds is 9. The van der Waals surface area contributed by atoms with Crippen LogP contribution in [0.25, 0.3) is 0 Å². The van der Waals surface area contributed by atoms with Gasteiger partial charge in [-0.25, -0.2) is 0 Å². The van der Waals surface area contributed by atoms with Gasteiger partial charge >= 0.3 is 0 Å². The van der Waals surface area contributed by atoms with E-state index in [-0.39, 0.29) is 11.5 Å². The second kappa shape index (κ2) is 9.67. The van der Waals surface area contributed by atoms with Gasteiger partial charge < -0.3 is 0 Å². The molecule has 0 radical (unpaired) electrons. The molecule has 0 unspecified atom stereocenters. The Morgan fingerprint density at radius 2 is 1.81 bits per heavy atom. The topological polar surface area (TPSA) is 34.1 Å². The molecule has 0 saturated heterocycles. The average Bonchev–Trinajstić information content (AvgIpc) is 2.47. The Kier molecular flexibility index (Phi) is 8.21. The average molecular weight is 306 g/mol. The predicted octanol–water partition coefficient (Wildman–Crippen LogP) is 4.59. The van der Waals surface area contributed by atoms with E-state index in [4.69, 9.17) is 0 Å². The van der Waals surface area contributed by atoms with Crippen molar-refractivity contribution in [3.63, 3.8) is 0 Å². The molecule has 0 bridgehead atoms. The number of hydrogen-bond donors (Lipinski definition) is 0. The lowest BCUT2D eigenvalue weighted by atomic mass is 10.1. The largest absolute Gasteiger partial charge is 0.294 e. The first kappa shape index (κ1) is 17.8. The summed E-state index contributed by atoms with van der Waals surface area (Å²) in [5.74, 6) is 0.0739. The van der Waals surface area contributed by atoms with Crippen molar-refractivity contribution in [1.29, 1.82) is 0 Å². The quantitative estimate of drug-likeness (QED) is 0.494. The van der Waals surface area contributed by atoms with Gasteiger partial charge in [0.1, 0.15) is 0 Å². The van der Waals surface area contributed by atoms with Crippen LogP contribution in [0.1, 0.15) is 51.5 Å². The van der Waals surface area contributed by atoms with E-state index in [1.54, 1.807) is 0 Å². The van der Waals surface area contributed by atoms with Crippen LogP contribution in [-0.4, -0.2) is 15.7 Å². The second-order valence-electron chi connectivity index (χ2n) is 5.46. The number of ketones is 1. The molecule has 0 aliphatic carbocycles. The molecule has 1 atom stereocenters. The Balaban J connectivity index is 2.46. The number of aryl methyl sites for hydroxylation is 1. The van der Waals surface area contributed by atoms with E-state index in [2.05, 4.69) is 6.92 Å². The second-order valence-corrected chi connectivity index (χ2v) is 6.91. The smallest absolute Gasteiger partial charge is 0.171 e. The van der Waals surface area contributed by atoms with Crippen molar-refractivity contribution in [2.24, 2.45) is 0 Å². The Morgan fingerprint density at radius 1 is 1.14 bits per heavy atom. The number of benzene rings is 1. The fraction of sp³-hybridized carbons (Fsp3) is 0.500. The van der Waals surface area contributed by atoms with Gasteiger partial charge in [-0.05, 0) is 44.4 Å². The van der Waals surface area contributed by atoms with Crippen LogP contribution in [0.3, 0.4) is 0 Å². The van der Waals surface area contributed by atoms with Crippen LogP contribution < -0.4 is 0 Å². The molecule has 21 heavy (non-hydrogen) atoms. The van der Waals surface area contributed by atoms with Crippen molar-refractivity contribution >= 4 is 16.6 Å². The summed E-state index contributed by atoms with van der Waals surface area (Å²) >= 11 is 0. The van der Waals surface area contributed by atoms with Crippen molar-refractivity contribution < 1.29 is 9.00 Å². The zero-order valence-electron chi connectivity index (χ0n) is 13.4. The van der Waals surface area contributed by atoms with Crippen molar-refractivity contribution in [1.82, 2.24) is 0 Å². The Bertz CT molecular complexity index is 500. The lowest BCUT2D eigenvalue weighted by Gasteiger charge is -2.03. The molecular formula is C18H26O2S. The van der Waals surface area contributed by atoms with Crippen molar-refractivity contribution in [2.45, 2.75) is 57.8 Å². The minimum absolute atomic E-state index is 0.00981. The maximum atomic E-state index is 12.1. The molecule has 0 N–H and O–H groups in total. The van der Waals surface area contributed by atoms with E-state index in [0.717, 1.165) is 28.9 Å². The van der Waals surface area contributed by atoms with Gasteiger partial charge in [-0.3, -0.25) is 9.00 Å². The number of carbonyl (C=O) groups is 1. The molecule has 0 amide bonds. The maximum absolute atomic E-state index is 12.1. The number of allylic oxidation sites excluding steroid dienone is 2. The number of carbonyl (C=O) groups excluding carboxylic acids is 1. The lowest BCUT2D eigenvalue weighted by Crippen LogP contribution is -2.11. The summed E-state index contributed by atoms with van der Waals surface area (Å²) in [6.45, 7) is 6.00.